The van der Waals surface area contributed by atoms with Crippen LogP contribution in [0.4, 0.5) is 0 Å². The van der Waals surface area contributed by atoms with Crippen LogP contribution in [-0.4, -0.2) is 33.6 Å². The fourth-order valence-corrected chi connectivity index (χ4v) is 4.10. The summed E-state index contributed by atoms with van der Waals surface area (Å²) >= 11 is 1.42. The molecular weight excluding hydrogens is 374 g/mol. The predicted octanol–water partition coefficient (Wildman–Crippen LogP) is 4.74. The van der Waals surface area contributed by atoms with Gasteiger partial charge in [0.15, 0.2) is 5.16 Å². The molecule has 0 aliphatic heterocycles. The number of methoxy groups -OCH3 is 1. The smallest absolute Gasteiger partial charge is 0.237 e. The molecule has 4 rings (SSSR count). The number of fused-ring (bicyclic) bond motifs is 1. The highest BCUT2D eigenvalue weighted by molar-refractivity contribution is 7.99. The zero-order chi connectivity index (χ0) is 19.3. The first kappa shape index (κ1) is 18.7. The number of H-pyrrole nitrogens is 1. The molecule has 6 nitrogen and oxygen atoms in total. The molecule has 0 bridgehead atoms. The summed E-state index contributed by atoms with van der Waals surface area (Å²) in [5.41, 5.74) is 2.86. The Morgan fingerprint density at radius 1 is 1.36 bits per heavy atom. The van der Waals surface area contributed by atoms with E-state index in [2.05, 4.69) is 16.0 Å². The molecule has 0 radical (unpaired) electrons. The minimum absolute atomic E-state index is 0.0626. The molecule has 0 saturated heterocycles. The Balaban J connectivity index is 1.47. The van der Waals surface area contributed by atoms with Crippen LogP contribution in [0.2, 0.25) is 0 Å². The Kier molecular flexibility index (Phi) is 5.71. The number of ether oxygens (including phenoxy) is 1. The Morgan fingerprint density at radius 2 is 2.29 bits per heavy atom. The van der Waals surface area contributed by atoms with Crippen molar-refractivity contribution in [3.05, 3.63) is 54.1 Å². The number of hydrogen-bond acceptors (Lipinski definition) is 5. The van der Waals surface area contributed by atoms with Crippen LogP contribution >= 0.6 is 11.8 Å². The van der Waals surface area contributed by atoms with Crippen molar-refractivity contribution in [2.45, 2.75) is 37.4 Å². The summed E-state index contributed by atoms with van der Waals surface area (Å²) in [6.45, 7) is 0.468. The van der Waals surface area contributed by atoms with E-state index in [4.69, 9.17) is 9.15 Å². The lowest BCUT2D eigenvalue weighted by Crippen LogP contribution is -2.32. The molecular formula is C21H23N3O3S. The van der Waals surface area contributed by atoms with Gasteiger partial charge in [-0.05, 0) is 49.9 Å². The Morgan fingerprint density at radius 3 is 3.04 bits per heavy atom. The Hall–Kier alpha value is -2.67. The van der Waals surface area contributed by atoms with Crippen LogP contribution in [0.15, 0.2) is 57.9 Å². The summed E-state index contributed by atoms with van der Waals surface area (Å²) < 4.78 is 10.7. The average molecular weight is 398 g/mol. The number of nitrogens with one attached hydrogen (secondary N) is 1. The molecule has 1 aliphatic carbocycles. The fraction of sp³-hybridized carbons (Fsp3) is 0.333. The number of amides is 1. The lowest BCUT2D eigenvalue weighted by Gasteiger charge is -2.27. The zero-order valence-electron chi connectivity index (χ0n) is 15.8. The number of imidazole rings is 1. The minimum atomic E-state index is 0.0626. The molecule has 7 heteroatoms. The molecule has 3 aromatic rings. The molecule has 0 saturated carbocycles. The van der Waals surface area contributed by atoms with E-state index < -0.39 is 0 Å². The van der Waals surface area contributed by atoms with Crippen LogP contribution < -0.4 is 4.74 Å². The molecule has 0 atom stereocenters. The third-order valence-corrected chi connectivity index (χ3v) is 5.67. The maximum absolute atomic E-state index is 13.0. The van der Waals surface area contributed by atoms with E-state index in [1.165, 1.54) is 18.2 Å². The van der Waals surface area contributed by atoms with Crippen LogP contribution in [0, 0.1) is 0 Å². The highest BCUT2D eigenvalue weighted by Gasteiger charge is 2.21. The van der Waals surface area contributed by atoms with Gasteiger partial charge in [-0.25, -0.2) is 4.98 Å². The summed E-state index contributed by atoms with van der Waals surface area (Å²) in [5.74, 6) is 1.94. The first-order chi connectivity index (χ1) is 13.7. The van der Waals surface area contributed by atoms with Gasteiger partial charge >= 0.3 is 0 Å². The number of rotatable bonds is 7. The number of aromatic amines is 1. The van der Waals surface area contributed by atoms with Crippen molar-refractivity contribution in [3.63, 3.8) is 0 Å². The second-order valence-corrected chi connectivity index (χ2v) is 7.68. The van der Waals surface area contributed by atoms with Gasteiger partial charge < -0.3 is 19.0 Å². The van der Waals surface area contributed by atoms with E-state index in [-0.39, 0.29) is 5.91 Å². The number of benzene rings is 1. The normalized spacial score (nSPS) is 14.1. The van der Waals surface area contributed by atoms with Crippen molar-refractivity contribution in [2.75, 3.05) is 12.9 Å². The topological polar surface area (TPSA) is 71.4 Å². The molecule has 0 spiro atoms. The predicted molar refractivity (Wildman–Crippen MR) is 109 cm³/mol. The van der Waals surface area contributed by atoms with Gasteiger partial charge in [0.25, 0.3) is 0 Å². The molecule has 0 fully saturated rings. The number of carbonyl (C=O) groups is 1. The third kappa shape index (κ3) is 4.25. The van der Waals surface area contributed by atoms with E-state index in [1.54, 1.807) is 13.4 Å². The highest BCUT2D eigenvalue weighted by atomic mass is 32.2. The summed E-state index contributed by atoms with van der Waals surface area (Å²) in [6.07, 6.45) is 8.08. The van der Waals surface area contributed by atoms with Gasteiger partial charge in [0, 0.05) is 11.8 Å². The summed E-state index contributed by atoms with van der Waals surface area (Å²) in [4.78, 5) is 22.7. The number of furan rings is 1. The number of aromatic nitrogens is 2. The van der Waals surface area contributed by atoms with E-state index in [9.17, 15) is 4.79 Å². The van der Waals surface area contributed by atoms with Crippen molar-refractivity contribution in [3.8, 4) is 5.75 Å². The van der Waals surface area contributed by atoms with Crippen LogP contribution in [0.1, 0.15) is 31.4 Å². The van der Waals surface area contributed by atoms with Crippen molar-refractivity contribution in [1.82, 2.24) is 14.9 Å². The van der Waals surface area contributed by atoms with Gasteiger partial charge in [-0.15, -0.1) is 0 Å². The van der Waals surface area contributed by atoms with Gasteiger partial charge in [-0.1, -0.05) is 17.8 Å². The van der Waals surface area contributed by atoms with Crippen LogP contribution in [0.3, 0.4) is 0 Å². The van der Waals surface area contributed by atoms with Gasteiger partial charge in [0.2, 0.25) is 5.91 Å². The summed E-state index contributed by atoms with van der Waals surface area (Å²) in [7, 11) is 1.64. The molecule has 1 aliphatic rings. The molecule has 146 valence electrons. The van der Waals surface area contributed by atoms with Crippen molar-refractivity contribution < 1.29 is 13.9 Å². The molecule has 2 heterocycles. The molecule has 0 unspecified atom stereocenters. The van der Waals surface area contributed by atoms with E-state index >= 15 is 0 Å². The lowest BCUT2D eigenvalue weighted by atomic mass is 10.0. The molecule has 28 heavy (non-hydrogen) atoms. The van der Waals surface area contributed by atoms with Gasteiger partial charge in [-0.2, -0.15) is 0 Å². The number of thioether (sulfide) groups is 1. The maximum Gasteiger partial charge on any atom is 0.237 e. The number of hydrogen-bond donors (Lipinski definition) is 1. The quantitative estimate of drug-likeness (QED) is 0.583. The van der Waals surface area contributed by atoms with Crippen LogP contribution in [-0.2, 0) is 11.3 Å². The SMILES string of the molecule is COc1ccc2nc(SCC(=O)N(Cc3ccco3)C3=CCCCC3)[nH]c2c1. The monoisotopic (exact) mass is 397 g/mol. The number of carbonyl (C=O) groups excluding carboxylic acids is 1. The Labute approximate surface area is 168 Å². The molecule has 1 aromatic carbocycles. The van der Waals surface area contributed by atoms with Crippen molar-refractivity contribution >= 4 is 28.7 Å². The lowest BCUT2D eigenvalue weighted by molar-refractivity contribution is -0.127. The first-order valence-corrected chi connectivity index (χ1v) is 10.4. The van der Waals surface area contributed by atoms with E-state index in [0.717, 1.165) is 52.7 Å². The largest absolute Gasteiger partial charge is 0.497 e. The first-order valence-electron chi connectivity index (χ1n) is 9.41. The molecule has 1 N–H and O–H groups in total. The average Bonchev–Trinajstić information content (AvgIpc) is 3.39. The van der Waals surface area contributed by atoms with Crippen LogP contribution in [0.25, 0.3) is 11.0 Å². The molecule has 1 amide bonds. The maximum atomic E-state index is 13.0. The Bertz CT molecular complexity index is 978. The van der Waals surface area contributed by atoms with E-state index in [0.29, 0.717) is 12.3 Å². The zero-order valence-corrected chi connectivity index (χ0v) is 16.6. The van der Waals surface area contributed by atoms with Crippen molar-refractivity contribution in [1.29, 1.82) is 0 Å². The third-order valence-electron chi connectivity index (χ3n) is 4.81. The summed E-state index contributed by atoms with van der Waals surface area (Å²) in [5, 5.41) is 0.729. The number of allylic oxidation sites excluding steroid dienone is 2. The number of nitrogens with zero attached hydrogens (tertiary/aromatic N) is 2. The van der Waals surface area contributed by atoms with Gasteiger partial charge in [-0.3, -0.25) is 4.79 Å². The van der Waals surface area contributed by atoms with E-state index in [1.807, 2.05) is 35.2 Å². The molecule has 2 aromatic heterocycles. The second kappa shape index (κ2) is 8.56. The standard InChI is InChI=1S/C21H23N3O3S/c1-26-16-9-10-18-19(12-16)23-21(22-18)28-14-20(25)24(13-17-8-5-11-27-17)15-6-3-2-4-7-15/h5-6,8-12H,2-4,7,13-14H2,1H3,(H,22,23). The van der Waals surface area contributed by atoms with Gasteiger partial charge in [0.1, 0.15) is 11.5 Å². The summed E-state index contributed by atoms with van der Waals surface area (Å²) in [6, 6.07) is 9.45. The van der Waals surface area contributed by atoms with Gasteiger partial charge in [0.05, 0.1) is 36.7 Å². The minimum Gasteiger partial charge on any atom is -0.497 e. The second-order valence-electron chi connectivity index (χ2n) is 6.71. The van der Waals surface area contributed by atoms with Crippen LogP contribution in [0.5, 0.6) is 5.75 Å². The van der Waals surface area contributed by atoms with Crippen molar-refractivity contribution in [2.24, 2.45) is 0 Å². The highest BCUT2D eigenvalue weighted by Crippen LogP contribution is 2.26. The fourth-order valence-electron chi connectivity index (χ4n) is 3.34.